The first-order valence-corrected chi connectivity index (χ1v) is 20.7. The first-order chi connectivity index (χ1) is 30.2. The molecule has 0 aliphatic carbocycles. The maximum absolute atomic E-state index is 5.05. The zero-order chi connectivity index (χ0) is 40.3. The van der Waals surface area contributed by atoms with Crippen LogP contribution in [0.1, 0.15) is 0 Å². The molecule has 0 aliphatic heterocycles. The summed E-state index contributed by atoms with van der Waals surface area (Å²) in [6.45, 7) is 0. The highest BCUT2D eigenvalue weighted by Crippen LogP contribution is 2.40. The Morgan fingerprint density at radius 3 is 1.21 bits per heavy atom. The quantitative estimate of drug-likeness (QED) is 0.158. The number of hydrogen-bond acceptors (Lipinski definition) is 3. The number of rotatable bonds is 6. The number of nitrogens with zero attached hydrogens (tertiary/aromatic N) is 4. The van der Waals surface area contributed by atoms with Crippen LogP contribution in [0.15, 0.2) is 218 Å². The van der Waals surface area contributed by atoms with E-state index in [0.717, 1.165) is 16.7 Å². The van der Waals surface area contributed by atoms with Crippen molar-refractivity contribution in [2.45, 2.75) is 0 Å². The number of benzene rings is 10. The zero-order valence-corrected chi connectivity index (χ0v) is 33.1. The second kappa shape index (κ2) is 14.3. The summed E-state index contributed by atoms with van der Waals surface area (Å²) in [5, 5.41) is 9.74. The molecule has 284 valence electrons. The van der Waals surface area contributed by atoms with Crippen molar-refractivity contribution in [2.75, 3.05) is 0 Å². The Morgan fingerprint density at radius 1 is 0.230 bits per heavy atom. The van der Waals surface area contributed by atoms with Crippen molar-refractivity contribution in [3.05, 3.63) is 218 Å². The molecule has 0 saturated carbocycles. The molecule has 61 heavy (non-hydrogen) atoms. The van der Waals surface area contributed by atoms with E-state index in [-0.39, 0.29) is 0 Å². The third-order valence-corrected chi connectivity index (χ3v) is 12.0. The van der Waals surface area contributed by atoms with Crippen molar-refractivity contribution in [1.29, 1.82) is 0 Å². The SMILES string of the molecule is c1ccc(-c2nc(-c3ccccc3)nc(-c3ccc4c5cc(-c6ccc(-c7ccc8c(c7)c7ccccc7n8-c7ccccc7)cc6)ccc5c5ccccc5c4c3)n2)cc1. The second-order valence-electron chi connectivity index (χ2n) is 15.6. The minimum absolute atomic E-state index is 0.647. The van der Waals surface area contributed by atoms with Crippen LogP contribution in [-0.2, 0) is 0 Å². The Hall–Kier alpha value is -8.21. The van der Waals surface area contributed by atoms with Crippen LogP contribution in [0.5, 0.6) is 0 Å². The van der Waals surface area contributed by atoms with Gasteiger partial charge in [0.25, 0.3) is 0 Å². The molecule has 10 aromatic carbocycles. The van der Waals surface area contributed by atoms with Gasteiger partial charge in [0.15, 0.2) is 17.5 Å². The minimum atomic E-state index is 0.647. The molecule has 4 heteroatoms. The van der Waals surface area contributed by atoms with Gasteiger partial charge in [-0.1, -0.05) is 176 Å². The molecule has 2 heterocycles. The van der Waals surface area contributed by atoms with Crippen molar-refractivity contribution >= 4 is 54.1 Å². The molecule has 2 aromatic heterocycles. The summed E-state index contributed by atoms with van der Waals surface area (Å²) >= 11 is 0. The molecule has 12 aromatic rings. The molecule has 4 nitrogen and oxygen atoms in total. The highest BCUT2D eigenvalue weighted by atomic mass is 15.0. The van der Waals surface area contributed by atoms with Crippen LogP contribution in [0.4, 0.5) is 0 Å². The molecule has 0 atom stereocenters. The maximum Gasteiger partial charge on any atom is 0.164 e. The summed E-state index contributed by atoms with van der Waals surface area (Å²) < 4.78 is 2.36. The summed E-state index contributed by atoms with van der Waals surface area (Å²) in [5.41, 5.74) is 11.2. The highest BCUT2D eigenvalue weighted by molar-refractivity contribution is 6.26. The number of para-hydroxylation sites is 2. The van der Waals surface area contributed by atoms with Gasteiger partial charge in [0.2, 0.25) is 0 Å². The van der Waals surface area contributed by atoms with Gasteiger partial charge in [-0.25, -0.2) is 15.0 Å². The van der Waals surface area contributed by atoms with Crippen LogP contribution in [0.3, 0.4) is 0 Å². The predicted molar refractivity (Wildman–Crippen MR) is 254 cm³/mol. The van der Waals surface area contributed by atoms with Crippen LogP contribution in [0, 0.1) is 0 Å². The van der Waals surface area contributed by atoms with Gasteiger partial charge in [-0.15, -0.1) is 0 Å². The highest BCUT2D eigenvalue weighted by Gasteiger charge is 2.17. The average molecular weight is 777 g/mol. The van der Waals surface area contributed by atoms with Gasteiger partial charge < -0.3 is 4.57 Å². The van der Waals surface area contributed by atoms with E-state index in [1.54, 1.807) is 0 Å². The van der Waals surface area contributed by atoms with Gasteiger partial charge >= 0.3 is 0 Å². The molecule has 0 spiro atoms. The zero-order valence-electron chi connectivity index (χ0n) is 33.1. The molecule has 0 amide bonds. The van der Waals surface area contributed by atoms with Gasteiger partial charge in [0.1, 0.15) is 0 Å². The Bertz CT molecular complexity index is 3560. The lowest BCUT2D eigenvalue weighted by molar-refractivity contribution is 1.07. The molecule has 0 bridgehead atoms. The fraction of sp³-hybridized carbons (Fsp3) is 0. The summed E-state index contributed by atoms with van der Waals surface area (Å²) in [5.74, 6) is 1.95. The fourth-order valence-corrected chi connectivity index (χ4v) is 9.08. The summed E-state index contributed by atoms with van der Waals surface area (Å²) in [7, 11) is 0. The Morgan fingerprint density at radius 2 is 0.607 bits per heavy atom. The van der Waals surface area contributed by atoms with Crippen molar-refractivity contribution in [3.8, 4) is 62.1 Å². The van der Waals surface area contributed by atoms with Crippen molar-refractivity contribution in [2.24, 2.45) is 0 Å². The van der Waals surface area contributed by atoms with E-state index in [1.165, 1.54) is 82.1 Å². The smallest absolute Gasteiger partial charge is 0.164 e. The minimum Gasteiger partial charge on any atom is -0.309 e. The van der Waals surface area contributed by atoms with Gasteiger partial charge in [0, 0.05) is 33.2 Å². The molecule has 0 fully saturated rings. The summed E-state index contributed by atoms with van der Waals surface area (Å²) in [6, 6.07) is 77.7. The number of aromatic nitrogens is 4. The Labute approximate surface area is 352 Å². The molecular weight excluding hydrogens is 741 g/mol. The largest absolute Gasteiger partial charge is 0.309 e. The van der Waals surface area contributed by atoms with E-state index in [9.17, 15) is 0 Å². The number of hydrogen-bond donors (Lipinski definition) is 0. The van der Waals surface area contributed by atoms with E-state index in [4.69, 9.17) is 15.0 Å². The Kier molecular flexibility index (Phi) is 8.13. The summed E-state index contributed by atoms with van der Waals surface area (Å²) in [6.07, 6.45) is 0. The lowest BCUT2D eigenvalue weighted by atomic mass is 9.91. The van der Waals surface area contributed by atoms with Crippen molar-refractivity contribution in [1.82, 2.24) is 19.5 Å². The monoisotopic (exact) mass is 776 g/mol. The lowest BCUT2D eigenvalue weighted by Crippen LogP contribution is -2.00. The molecule has 12 rings (SSSR count). The standard InChI is InChI=1S/C57H36N4/c1-4-14-39(15-5-1)55-58-56(40-16-6-2-7-17-40)60-57(59-55)43-29-32-48-50-34-41(28-31-47(50)45-20-10-11-21-46(45)51(48)36-43)37-24-26-38(27-25-37)42-30-33-54-52(35-42)49-22-12-13-23-53(49)61(54)44-18-8-3-9-19-44/h1-36H. The van der Waals surface area contributed by atoms with E-state index in [1.807, 2.05) is 60.7 Å². The second-order valence-corrected chi connectivity index (χ2v) is 15.6. The third-order valence-electron chi connectivity index (χ3n) is 12.0. The van der Waals surface area contributed by atoms with Crippen LogP contribution in [0.25, 0.3) is 116 Å². The topological polar surface area (TPSA) is 43.6 Å². The van der Waals surface area contributed by atoms with Gasteiger partial charge in [0.05, 0.1) is 11.0 Å². The van der Waals surface area contributed by atoms with Crippen LogP contribution < -0.4 is 0 Å². The molecule has 0 unspecified atom stereocenters. The normalized spacial score (nSPS) is 11.6. The van der Waals surface area contributed by atoms with Gasteiger partial charge in [-0.2, -0.15) is 0 Å². The average Bonchev–Trinajstić information content (AvgIpc) is 3.68. The molecule has 0 saturated heterocycles. The van der Waals surface area contributed by atoms with Crippen molar-refractivity contribution in [3.63, 3.8) is 0 Å². The summed E-state index contributed by atoms with van der Waals surface area (Å²) in [4.78, 5) is 15.0. The molecule has 0 aliphatic rings. The van der Waals surface area contributed by atoms with Crippen LogP contribution in [-0.4, -0.2) is 19.5 Å². The number of fused-ring (bicyclic) bond motifs is 9. The van der Waals surface area contributed by atoms with Crippen LogP contribution in [0.2, 0.25) is 0 Å². The first kappa shape index (κ1) is 34.8. The van der Waals surface area contributed by atoms with Crippen molar-refractivity contribution < 1.29 is 0 Å². The maximum atomic E-state index is 5.05. The van der Waals surface area contributed by atoms with Crippen LogP contribution >= 0.6 is 0 Å². The van der Waals surface area contributed by atoms with Gasteiger partial charge in [-0.05, 0) is 97.0 Å². The molecule has 0 radical (unpaired) electrons. The Balaban J connectivity index is 0.951. The van der Waals surface area contributed by atoms with E-state index >= 15 is 0 Å². The van der Waals surface area contributed by atoms with E-state index in [0.29, 0.717) is 17.5 Å². The third kappa shape index (κ3) is 5.96. The van der Waals surface area contributed by atoms with Gasteiger partial charge in [-0.3, -0.25) is 0 Å². The lowest BCUT2D eigenvalue weighted by Gasteiger charge is -2.14. The molecular formula is C57H36N4. The predicted octanol–water partition coefficient (Wildman–Crippen LogP) is 14.8. The molecule has 0 N–H and O–H groups in total. The fourth-order valence-electron chi connectivity index (χ4n) is 9.08. The first-order valence-electron chi connectivity index (χ1n) is 20.7. The van der Waals surface area contributed by atoms with E-state index in [2.05, 4.69) is 162 Å². The van der Waals surface area contributed by atoms with E-state index < -0.39 is 0 Å².